The van der Waals surface area contributed by atoms with E-state index in [1.807, 2.05) is 17.8 Å². The number of anilines is 1. The van der Waals surface area contributed by atoms with Crippen LogP contribution in [-0.2, 0) is 13.0 Å². The molecular weight excluding hydrogens is 292 g/mol. The van der Waals surface area contributed by atoms with Crippen LogP contribution in [0.1, 0.15) is 29.6 Å². The van der Waals surface area contributed by atoms with Gasteiger partial charge >= 0.3 is 0 Å². The second-order valence-corrected chi connectivity index (χ2v) is 6.21. The van der Waals surface area contributed by atoms with Crippen LogP contribution in [0.5, 0.6) is 0 Å². The summed E-state index contributed by atoms with van der Waals surface area (Å²) in [4.78, 5) is 4.31. The van der Waals surface area contributed by atoms with Crippen molar-refractivity contribution >= 4 is 17.0 Å². The lowest BCUT2D eigenvalue weighted by molar-refractivity contribution is 0.772. The average molecular weight is 312 g/mol. The smallest absolute Gasteiger partial charge is 0.112 e. The standard InChI is InChI=1S/C17H20N4S/c1-3-6-16-14(19-12-17-18-9-10-22-17)11-20-21(16)15-8-5-4-7-13(15)2/h4-5,7-11,19H,3,6,12H2,1-2H3. The Morgan fingerprint density at radius 2 is 2.14 bits per heavy atom. The molecule has 3 rings (SSSR count). The summed E-state index contributed by atoms with van der Waals surface area (Å²) in [6.45, 7) is 5.06. The molecule has 0 unspecified atom stereocenters. The molecule has 2 aromatic heterocycles. The fourth-order valence-electron chi connectivity index (χ4n) is 2.52. The summed E-state index contributed by atoms with van der Waals surface area (Å²) in [5, 5.41) is 11.2. The van der Waals surface area contributed by atoms with Crippen LogP contribution < -0.4 is 5.32 Å². The molecule has 2 heterocycles. The van der Waals surface area contributed by atoms with Crippen molar-refractivity contribution in [2.24, 2.45) is 0 Å². The van der Waals surface area contributed by atoms with Crippen LogP contribution in [0.4, 0.5) is 5.69 Å². The number of nitrogens with one attached hydrogen (secondary N) is 1. The van der Waals surface area contributed by atoms with Crippen molar-refractivity contribution < 1.29 is 0 Å². The highest BCUT2D eigenvalue weighted by Crippen LogP contribution is 2.23. The van der Waals surface area contributed by atoms with Gasteiger partial charge in [0.05, 0.1) is 29.8 Å². The Labute approximate surface area is 134 Å². The third-order valence-corrected chi connectivity index (χ3v) is 4.39. The SMILES string of the molecule is CCCc1c(NCc2nccs2)cnn1-c1ccccc1C. The maximum Gasteiger partial charge on any atom is 0.112 e. The van der Waals surface area contributed by atoms with Gasteiger partial charge in [-0.3, -0.25) is 0 Å². The van der Waals surface area contributed by atoms with Gasteiger partial charge in [0.1, 0.15) is 5.01 Å². The van der Waals surface area contributed by atoms with Gasteiger partial charge in [-0.1, -0.05) is 31.5 Å². The van der Waals surface area contributed by atoms with Crippen LogP contribution in [0.2, 0.25) is 0 Å². The lowest BCUT2D eigenvalue weighted by atomic mass is 10.1. The molecule has 0 saturated carbocycles. The lowest BCUT2D eigenvalue weighted by Crippen LogP contribution is -2.06. The van der Waals surface area contributed by atoms with Crippen molar-refractivity contribution in [3.05, 3.63) is 58.3 Å². The van der Waals surface area contributed by atoms with Gasteiger partial charge in [-0.15, -0.1) is 11.3 Å². The number of benzene rings is 1. The molecule has 1 N–H and O–H groups in total. The quantitative estimate of drug-likeness (QED) is 0.741. The number of thiazole rings is 1. The van der Waals surface area contributed by atoms with Crippen molar-refractivity contribution in [1.82, 2.24) is 14.8 Å². The highest BCUT2D eigenvalue weighted by molar-refractivity contribution is 7.09. The average Bonchev–Trinajstić information content (AvgIpc) is 3.16. The van der Waals surface area contributed by atoms with E-state index in [9.17, 15) is 0 Å². The molecular formula is C17H20N4S. The third-order valence-electron chi connectivity index (χ3n) is 3.61. The van der Waals surface area contributed by atoms with Crippen LogP contribution in [-0.4, -0.2) is 14.8 Å². The molecule has 5 heteroatoms. The monoisotopic (exact) mass is 312 g/mol. The summed E-state index contributed by atoms with van der Waals surface area (Å²) in [5.74, 6) is 0. The molecule has 4 nitrogen and oxygen atoms in total. The first kappa shape index (κ1) is 14.8. The summed E-state index contributed by atoms with van der Waals surface area (Å²) in [7, 11) is 0. The van der Waals surface area contributed by atoms with E-state index in [0.29, 0.717) is 0 Å². The molecule has 3 aromatic rings. The molecule has 0 bridgehead atoms. The number of para-hydroxylation sites is 1. The van der Waals surface area contributed by atoms with E-state index in [-0.39, 0.29) is 0 Å². The number of hydrogen-bond acceptors (Lipinski definition) is 4. The molecule has 0 aliphatic heterocycles. The van der Waals surface area contributed by atoms with Crippen LogP contribution >= 0.6 is 11.3 Å². The first-order chi connectivity index (χ1) is 10.8. The van der Waals surface area contributed by atoms with Gasteiger partial charge in [-0.2, -0.15) is 5.10 Å². The second-order valence-electron chi connectivity index (χ2n) is 5.23. The normalized spacial score (nSPS) is 10.8. The topological polar surface area (TPSA) is 42.7 Å². The number of nitrogens with zero attached hydrogens (tertiary/aromatic N) is 3. The van der Waals surface area contributed by atoms with Crippen LogP contribution in [0.25, 0.3) is 5.69 Å². The zero-order valence-electron chi connectivity index (χ0n) is 12.9. The molecule has 0 atom stereocenters. The van der Waals surface area contributed by atoms with Crippen molar-refractivity contribution in [3.63, 3.8) is 0 Å². The zero-order chi connectivity index (χ0) is 15.4. The number of aromatic nitrogens is 3. The van der Waals surface area contributed by atoms with Crippen molar-refractivity contribution in [2.45, 2.75) is 33.2 Å². The molecule has 1 aromatic carbocycles. The Kier molecular flexibility index (Phi) is 4.53. The Morgan fingerprint density at radius 1 is 1.27 bits per heavy atom. The summed E-state index contributed by atoms with van der Waals surface area (Å²) in [5.41, 5.74) is 4.70. The molecule has 22 heavy (non-hydrogen) atoms. The Hall–Kier alpha value is -2.14. The van der Waals surface area contributed by atoms with Crippen LogP contribution in [0.3, 0.4) is 0 Å². The summed E-state index contributed by atoms with van der Waals surface area (Å²) >= 11 is 1.67. The van der Waals surface area contributed by atoms with Crippen molar-refractivity contribution in [3.8, 4) is 5.69 Å². The molecule has 0 spiro atoms. The molecule has 0 radical (unpaired) electrons. The van der Waals surface area contributed by atoms with E-state index in [0.717, 1.165) is 35.8 Å². The predicted octanol–water partition coefficient (Wildman–Crippen LogP) is 4.20. The van der Waals surface area contributed by atoms with E-state index >= 15 is 0 Å². The first-order valence-corrected chi connectivity index (χ1v) is 8.42. The van der Waals surface area contributed by atoms with E-state index in [1.165, 1.54) is 11.3 Å². The summed E-state index contributed by atoms with van der Waals surface area (Å²) in [6.07, 6.45) is 5.84. The molecule has 0 fully saturated rings. The van der Waals surface area contributed by atoms with E-state index in [2.05, 4.69) is 58.2 Å². The molecule has 0 aliphatic rings. The summed E-state index contributed by atoms with van der Waals surface area (Å²) < 4.78 is 2.06. The van der Waals surface area contributed by atoms with E-state index in [1.54, 1.807) is 11.3 Å². The van der Waals surface area contributed by atoms with Gasteiger partial charge in [0.2, 0.25) is 0 Å². The van der Waals surface area contributed by atoms with Gasteiger partial charge < -0.3 is 5.32 Å². The lowest BCUT2D eigenvalue weighted by Gasteiger charge is -2.11. The minimum Gasteiger partial charge on any atom is -0.376 e. The molecule has 114 valence electrons. The van der Waals surface area contributed by atoms with Gasteiger partial charge in [0.25, 0.3) is 0 Å². The number of hydrogen-bond donors (Lipinski definition) is 1. The fraction of sp³-hybridized carbons (Fsp3) is 0.294. The predicted molar refractivity (Wildman–Crippen MR) is 91.7 cm³/mol. The van der Waals surface area contributed by atoms with Gasteiger partial charge in [0.15, 0.2) is 0 Å². The van der Waals surface area contributed by atoms with Gasteiger partial charge in [0, 0.05) is 11.6 Å². The van der Waals surface area contributed by atoms with Crippen molar-refractivity contribution in [2.75, 3.05) is 5.32 Å². The van der Waals surface area contributed by atoms with Crippen LogP contribution in [0.15, 0.2) is 42.0 Å². The fourth-order valence-corrected chi connectivity index (χ4v) is 3.07. The Balaban J connectivity index is 1.90. The van der Waals surface area contributed by atoms with Crippen molar-refractivity contribution in [1.29, 1.82) is 0 Å². The molecule has 0 aliphatic carbocycles. The zero-order valence-corrected chi connectivity index (χ0v) is 13.7. The van der Waals surface area contributed by atoms with E-state index in [4.69, 9.17) is 0 Å². The van der Waals surface area contributed by atoms with E-state index < -0.39 is 0 Å². The second kappa shape index (κ2) is 6.75. The highest BCUT2D eigenvalue weighted by atomic mass is 32.1. The Bertz CT molecular complexity index is 731. The number of rotatable bonds is 6. The largest absolute Gasteiger partial charge is 0.376 e. The minimum atomic E-state index is 0.744. The maximum absolute atomic E-state index is 4.60. The van der Waals surface area contributed by atoms with Gasteiger partial charge in [-0.25, -0.2) is 9.67 Å². The Morgan fingerprint density at radius 3 is 2.86 bits per heavy atom. The van der Waals surface area contributed by atoms with Gasteiger partial charge in [-0.05, 0) is 25.0 Å². The third kappa shape index (κ3) is 3.04. The molecule has 0 saturated heterocycles. The molecule has 0 amide bonds. The number of aryl methyl sites for hydroxylation is 1. The minimum absolute atomic E-state index is 0.744. The summed E-state index contributed by atoms with van der Waals surface area (Å²) in [6, 6.07) is 8.35. The highest BCUT2D eigenvalue weighted by Gasteiger charge is 2.13. The maximum atomic E-state index is 4.60. The first-order valence-electron chi connectivity index (χ1n) is 7.54. The van der Waals surface area contributed by atoms with Crippen LogP contribution in [0, 0.1) is 6.92 Å².